The topological polar surface area (TPSA) is 61.2 Å². The van der Waals surface area contributed by atoms with E-state index in [1.54, 1.807) is 10.8 Å². The fourth-order valence-corrected chi connectivity index (χ4v) is 2.10. The summed E-state index contributed by atoms with van der Waals surface area (Å²) >= 11 is 0. The molecule has 100 valence electrons. The molecule has 0 aliphatic heterocycles. The number of aromatic nitrogens is 2. The van der Waals surface area contributed by atoms with E-state index in [9.17, 15) is 9.59 Å². The molecule has 0 atom stereocenters. The van der Waals surface area contributed by atoms with Gasteiger partial charge in [0.25, 0.3) is 0 Å². The third-order valence-electron chi connectivity index (χ3n) is 2.50. The maximum atomic E-state index is 11.2. The highest BCUT2D eigenvalue weighted by atomic mass is 28.3. The Morgan fingerprint density at radius 3 is 2.67 bits per heavy atom. The number of ketones is 1. The molecule has 0 spiro atoms. The number of imidazole rings is 1. The molecular formula is C12H20N2O3Si. The van der Waals surface area contributed by atoms with Crippen molar-refractivity contribution in [3.05, 3.63) is 17.7 Å². The highest BCUT2D eigenvalue weighted by molar-refractivity contribution is 6.76. The second-order valence-electron chi connectivity index (χ2n) is 5.48. The molecule has 0 N–H and O–H groups in total. The van der Waals surface area contributed by atoms with Gasteiger partial charge < -0.3 is 9.30 Å². The summed E-state index contributed by atoms with van der Waals surface area (Å²) < 4.78 is 7.08. The second kappa shape index (κ2) is 6.06. The van der Waals surface area contributed by atoms with Crippen molar-refractivity contribution in [1.82, 2.24) is 9.55 Å². The predicted molar refractivity (Wildman–Crippen MR) is 71.7 cm³/mol. The minimum absolute atomic E-state index is 0.154. The van der Waals surface area contributed by atoms with Crippen molar-refractivity contribution in [3.63, 3.8) is 0 Å². The third-order valence-corrected chi connectivity index (χ3v) is 4.20. The first kappa shape index (κ1) is 14.8. The zero-order chi connectivity index (χ0) is 13.8. The minimum Gasteiger partial charge on any atom is -0.361 e. The van der Waals surface area contributed by atoms with E-state index in [1.165, 1.54) is 6.92 Å². The van der Waals surface area contributed by atoms with Crippen LogP contribution in [0.15, 0.2) is 6.20 Å². The zero-order valence-electron chi connectivity index (χ0n) is 11.4. The van der Waals surface area contributed by atoms with Crippen LogP contribution in [0.4, 0.5) is 0 Å². The van der Waals surface area contributed by atoms with Crippen LogP contribution in [0, 0.1) is 0 Å². The number of rotatable bonds is 7. The summed E-state index contributed by atoms with van der Waals surface area (Å²) in [6.45, 7) is 9.18. The van der Waals surface area contributed by atoms with E-state index in [-0.39, 0.29) is 18.3 Å². The maximum Gasteiger partial charge on any atom is 0.185 e. The molecule has 0 aromatic carbocycles. The quantitative estimate of drug-likeness (QED) is 0.329. The first-order valence-corrected chi connectivity index (χ1v) is 9.65. The predicted octanol–water partition coefficient (Wildman–Crippen LogP) is 2.21. The largest absolute Gasteiger partial charge is 0.361 e. The van der Waals surface area contributed by atoms with Crippen molar-refractivity contribution >= 4 is 20.1 Å². The van der Waals surface area contributed by atoms with Crippen molar-refractivity contribution in [2.24, 2.45) is 0 Å². The molecule has 1 rings (SSSR count). The van der Waals surface area contributed by atoms with Crippen LogP contribution >= 0.6 is 0 Å². The number of nitrogens with zero attached hydrogens (tertiary/aromatic N) is 2. The maximum absolute atomic E-state index is 11.2. The van der Waals surface area contributed by atoms with Crippen LogP contribution in [0.2, 0.25) is 25.7 Å². The van der Waals surface area contributed by atoms with Crippen LogP contribution in [-0.2, 0) is 11.5 Å². The molecule has 1 heterocycles. The summed E-state index contributed by atoms with van der Waals surface area (Å²) in [4.78, 5) is 25.9. The lowest BCUT2D eigenvalue weighted by Gasteiger charge is -2.15. The summed E-state index contributed by atoms with van der Waals surface area (Å²) in [5, 5.41) is 0. The highest BCUT2D eigenvalue weighted by Gasteiger charge is 2.13. The van der Waals surface area contributed by atoms with Gasteiger partial charge in [0, 0.05) is 27.8 Å². The number of ether oxygens (including phenoxy) is 1. The summed E-state index contributed by atoms with van der Waals surface area (Å²) in [6, 6.07) is 1.07. The van der Waals surface area contributed by atoms with Gasteiger partial charge in [-0.3, -0.25) is 9.59 Å². The van der Waals surface area contributed by atoms with E-state index in [2.05, 4.69) is 24.6 Å². The summed E-state index contributed by atoms with van der Waals surface area (Å²) in [5.41, 5.74) is 0.297. The second-order valence-corrected chi connectivity index (χ2v) is 11.1. The molecule has 6 heteroatoms. The summed E-state index contributed by atoms with van der Waals surface area (Å²) in [6.07, 6.45) is 2.19. The van der Waals surface area contributed by atoms with E-state index in [0.29, 0.717) is 18.6 Å². The number of carbonyl (C=O) groups excluding carboxylic acids is 2. The number of hydrogen-bond donors (Lipinski definition) is 0. The van der Waals surface area contributed by atoms with Crippen LogP contribution in [0.3, 0.4) is 0 Å². The lowest BCUT2D eigenvalue weighted by atomic mass is 10.3. The number of aldehydes is 1. The first-order chi connectivity index (χ1) is 8.33. The van der Waals surface area contributed by atoms with Gasteiger partial charge >= 0.3 is 0 Å². The van der Waals surface area contributed by atoms with Gasteiger partial charge in [-0.1, -0.05) is 19.6 Å². The normalized spacial score (nSPS) is 11.6. The highest BCUT2D eigenvalue weighted by Crippen LogP contribution is 2.08. The first-order valence-electron chi connectivity index (χ1n) is 5.94. The lowest BCUT2D eigenvalue weighted by molar-refractivity contribution is 0.0831. The van der Waals surface area contributed by atoms with E-state index >= 15 is 0 Å². The van der Waals surface area contributed by atoms with Gasteiger partial charge in [-0.25, -0.2) is 4.98 Å². The van der Waals surface area contributed by atoms with Crippen molar-refractivity contribution in [3.8, 4) is 0 Å². The third kappa shape index (κ3) is 4.54. The smallest absolute Gasteiger partial charge is 0.185 e. The van der Waals surface area contributed by atoms with Crippen LogP contribution in [0.5, 0.6) is 0 Å². The number of Topliss-reactive ketones (excluding diaryl/α,β-unsaturated/α-hetero) is 1. The Bertz CT molecular complexity index is 435. The Morgan fingerprint density at radius 1 is 1.50 bits per heavy atom. The Kier molecular flexibility index (Phi) is 4.98. The van der Waals surface area contributed by atoms with Crippen LogP contribution < -0.4 is 0 Å². The molecule has 1 aromatic heterocycles. The fourth-order valence-electron chi connectivity index (χ4n) is 1.34. The molecular weight excluding hydrogens is 248 g/mol. The molecule has 0 unspecified atom stereocenters. The number of carbonyl (C=O) groups is 2. The Hall–Kier alpha value is -1.27. The van der Waals surface area contributed by atoms with Gasteiger partial charge in [0.2, 0.25) is 0 Å². The molecule has 0 saturated carbocycles. The molecule has 0 radical (unpaired) electrons. The monoisotopic (exact) mass is 268 g/mol. The van der Waals surface area contributed by atoms with Gasteiger partial charge in [0.15, 0.2) is 17.9 Å². The fraction of sp³-hybridized carbons (Fsp3) is 0.583. The molecule has 0 aliphatic carbocycles. The standard InChI is InChI=1S/C12H20N2O3Si/c1-10(16)11-7-14(12(8-15)13-11)9-17-5-6-18(2,3)4/h7-8H,5-6,9H2,1-4H3. The lowest BCUT2D eigenvalue weighted by Crippen LogP contribution is -2.22. The van der Waals surface area contributed by atoms with Crippen molar-refractivity contribution in [1.29, 1.82) is 0 Å². The summed E-state index contributed by atoms with van der Waals surface area (Å²) in [7, 11) is -1.10. The molecule has 0 saturated heterocycles. The van der Waals surface area contributed by atoms with Crippen LogP contribution in [0.1, 0.15) is 28.0 Å². The average molecular weight is 268 g/mol. The molecule has 0 amide bonds. The van der Waals surface area contributed by atoms with Crippen LogP contribution in [-0.4, -0.2) is 36.3 Å². The van der Waals surface area contributed by atoms with E-state index in [4.69, 9.17) is 4.74 Å². The van der Waals surface area contributed by atoms with Gasteiger partial charge in [0.05, 0.1) is 0 Å². The number of hydrogen-bond acceptors (Lipinski definition) is 4. The molecule has 5 nitrogen and oxygen atoms in total. The molecule has 1 aromatic rings. The van der Waals surface area contributed by atoms with Gasteiger partial charge in [-0.2, -0.15) is 0 Å². The Morgan fingerprint density at radius 2 is 2.17 bits per heavy atom. The van der Waals surface area contributed by atoms with Crippen molar-refractivity contribution in [2.75, 3.05) is 6.61 Å². The van der Waals surface area contributed by atoms with E-state index < -0.39 is 8.07 Å². The minimum atomic E-state index is -1.10. The molecule has 18 heavy (non-hydrogen) atoms. The zero-order valence-corrected chi connectivity index (χ0v) is 12.4. The van der Waals surface area contributed by atoms with Crippen LogP contribution in [0.25, 0.3) is 0 Å². The SMILES string of the molecule is CC(=O)c1cn(COCC[Si](C)(C)C)c(C=O)n1. The van der Waals surface area contributed by atoms with Crippen molar-refractivity contribution in [2.45, 2.75) is 39.3 Å². The van der Waals surface area contributed by atoms with Gasteiger partial charge in [0.1, 0.15) is 12.4 Å². The Balaban J connectivity index is 2.56. The summed E-state index contributed by atoms with van der Waals surface area (Å²) in [5.74, 6) is 0.0761. The van der Waals surface area contributed by atoms with Gasteiger partial charge in [-0.15, -0.1) is 0 Å². The van der Waals surface area contributed by atoms with E-state index in [1.807, 2.05) is 0 Å². The molecule has 0 bridgehead atoms. The van der Waals surface area contributed by atoms with Crippen molar-refractivity contribution < 1.29 is 14.3 Å². The molecule has 0 fully saturated rings. The average Bonchev–Trinajstić information content (AvgIpc) is 2.66. The van der Waals surface area contributed by atoms with Gasteiger partial charge in [-0.05, 0) is 6.04 Å². The van der Waals surface area contributed by atoms with E-state index in [0.717, 1.165) is 6.04 Å². The molecule has 0 aliphatic rings. The Labute approximate surface area is 108 Å².